The van der Waals surface area contributed by atoms with Crippen LogP contribution in [0.4, 0.5) is 0 Å². The Bertz CT molecular complexity index is 785. The van der Waals surface area contributed by atoms with E-state index in [2.05, 4.69) is 25.6 Å². The van der Waals surface area contributed by atoms with Gasteiger partial charge in [-0.2, -0.15) is 9.78 Å². The first kappa shape index (κ1) is 15.6. The fourth-order valence-corrected chi connectivity index (χ4v) is 3.17. The first-order valence-electron chi connectivity index (χ1n) is 7.19. The zero-order chi connectivity index (χ0) is 16.2. The predicted octanol–water partition coefficient (Wildman–Crippen LogP) is 1.41. The number of hydrogen-bond donors (Lipinski definition) is 1. The maximum Gasteiger partial charge on any atom is 0.214 e. The molecule has 3 rings (SSSR count). The van der Waals surface area contributed by atoms with E-state index in [4.69, 9.17) is 5.11 Å². The summed E-state index contributed by atoms with van der Waals surface area (Å²) in [5.41, 5.74) is 2.06. The van der Waals surface area contributed by atoms with Crippen LogP contribution in [0.25, 0.3) is 5.69 Å². The van der Waals surface area contributed by atoms with Gasteiger partial charge < -0.3 is 5.11 Å². The lowest BCUT2D eigenvalue weighted by molar-refractivity contribution is 0.267. The Morgan fingerprint density at radius 1 is 1.35 bits per heavy atom. The molecular formula is C14H17N7OS. The minimum absolute atomic E-state index is 0.00129. The normalized spacial score (nSPS) is 12.5. The van der Waals surface area contributed by atoms with Crippen molar-refractivity contribution in [2.75, 3.05) is 6.61 Å². The van der Waals surface area contributed by atoms with Gasteiger partial charge in [-0.05, 0) is 42.0 Å². The van der Waals surface area contributed by atoms with Crippen molar-refractivity contribution in [2.24, 2.45) is 0 Å². The van der Waals surface area contributed by atoms with E-state index in [1.54, 1.807) is 9.36 Å². The summed E-state index contributed by atoms with van der Waals surface area (Å²) in [5, 5.41) is 25.8. The SMILES string of the molecule is Cc1cccc(-n2nnnc2SC(C)c2ncnn2CCO)c1. The number of aromatic nitrogens is 7. The molecule has 2 aromatic heterocycles. The molecule has 0 aliphatic rings. The number of aryl methyl sites for hydroxylation is 1. The molecule has 1 aromatic carbocycles. The number of thioether (sulfide) groups is 1. The van der Waals surface area contributed by atoms with Crippen LogP contribution in [0.5, 0.6) is 0 Å². The van der Waals surface area contributed by atoms with Gasteiger partial charge in [-0.25, -0.2) is 9.67 Å². The number of rotatable bonds is 6. The van der Waals surface area contributed by atoms with Gasteiger partial charge in [-0.15, -0.1) is 5.10 Å². The average molecular weight is 331 g/mol. The highest BCUT2D eigenvalue weighted by atomic mass is 32.2. The van der Waals surface area contributed by atoms with Crippen LogP contribution >= 0.6 is 11.8 Å². The van der Waals surface area contributed by atoms with Crippen molar-refractivity contribution in [3.8, 4) is 5.69 Å². The van der Waals surface area contributed by atoms with E-state index in [0.717, 1.165) is 17.1 Å². The first-order chi connectivity index (χ1) is 11.2. The molecule has 1 N–H and O–H groups in total. The molecule has 9 heteroatoms. The highest BCUT2D eigenvalue weighted by Crippen LogP contribution is 2.32. The number of benzene rings is 1. The molecule has 0 radical (unpaired) electrons. The van der Waals surface area contributed by atoms with Crippen molar-refractivity contribution in [3.05, 3.63) is 42.0 Å². The van der Waals surface area contributed by atoms with Crippen LogP contribution in [0.1, 0.15) is 23.6 Å². The molecule has 23 heavy (non-hydrogen) atoms. The van der Waals surface area contributed by atoms with Gasteiger partial charge in [-0.3, -0.25) is 0 Å². The minimum atomic E-state index is -0.00129. The van der Waals surface area contributed by atoms with Crippen LogP contribution < -0.4 is 0 Å². The molecule has 0 spiro atoms. The first-order valence-corrected chi connectivity index (χ1v) is 8.07. The van der Waals surface area contributed by atoms with Crippen molar-refractivity contribution in [3.63, 3.8) is 0 Å². The second kappa shape index (κ2) is 6.88. The highest BCUT2D eigenvalue weighted by molar-refractivity contribution is 7.99. The lowest BCUT2D eigenvalue weighted by Gasteiger charge is -2.11. The molecule has 1 unspecified atom stereocenters. The molecule has 0 amide bonds. The second-order valence-electron chi connectivity index (χ2n) is 5.04. The third-order valence-electron chi connectivity index (χ3n) is 3.29. The second-order valence-corrected chi connectivity index (χ2v) is 6.35. The van der Waals surface area contributed by atoms with Gasteiger partial charge in [0.05, 0.1) is 24.1 Å². The van der Waals surface area contributed by atoms with E-state index >= 15 is 0 Å². The Kier molecular flexibility index (Phi) is 4.68. The van der Waals surface area contributed by atoms with Crippen molar-refractivity contribution >= 4 is 11.8 Å². The number of aliphatic hydroxyl groups is 1. The summed E-state index contributed by atoms with van der Waals surface area (Å²) < 4.78 is 3.40. The van der Waals surface area contributed by atoms with E-state index in [0.29, 0.717) is 11.7 Å². The number of tetrazole rings is 1. The molecule has 0 saturated carbocycles. The molecule has 2 heterocycles. The summed E-state index contributed by atoms with van der Waals surface area (Å²) in [6.45, 7) is 4.48. The largest absolute Gasteiger partial charge is 0.394 e. The summed E-state index contributed by atoms with van der Waals surface area (Å²) in [7, 11) is 0. The number of hydrogen-bond acceptors (Lipinski definition) is 7. The van der Waals surface area contributed by atoms with Gasteiger partial charge in [0.15, 0.2) is 0 Å². The van der Waals surface area contributed by atoms with Crippen LogP contribution in [0.3, 0.4) is 0 Å². The van der Waals surface area contributed by atoms with Gasteiger partial charge in [0, 0.05) is 0 Å². The monoisotopic (exact) mass is 331 g/mol. The molecule has 8 nitrogen and oxygen atoms in total. The maximum atomic E-state index is 9.09. The fourth-order valence-electron chi connectivity index (χ4n) is 2.24. The predicted molar refractivity (Wildman–Crippen MR) is 85.3 cm³/mol. The van der Waals surface area contributed by atoms with E-state index in [9.17, 15) is 0 Å². The summed E-state index contributed by atoms with van der Waals surface area (Å²) in [6.07, 6.45) is 1.49. The molecule has 1 atom stereocenters. The van der Waals surface area contributed by atoms with E-state index < -0.39 is 0 Å². The summed E-state index contributed by atoms with van der Waals surface area (Å²) in [5.74, 6) is 0.780. The molecule has 0 aliphatic carbocycles. The molecule has 120 valence electrons. The quantitative estimate of drug-likeness (QED) is 0.682. The van der Waals surface area contributed by atoms with Crippen LogP contribution in [-0.2, 0) is 6.54 Å². The minimum Gasteiger partial charge on any atom is -0.394 e. The van der Waals surface area contributed by atoms with Crippen LogP contribution in [0.15, 0.2) is 35.7 Å². The molecule has 0 bridgehead atoms. The third kappa shape index (κ3) is 3.40. The highest BCUT2D eigenvalue weighted by Gasteiger charge is 2.19. The Balaban J connectivity index is 1.84. The number of nitrogens with zero attached hydrogens (tertiary/aromatic N) is 7. The smallest absolute Gasteiger partial charge is 0.214 e. The van der Waals surface area contributed by atoms with Gasteiger partial charge in [-0.1, -0.05) is 23.9 Å². The Morgan fingerprint density at radius 3 is 3.00 bits per heavy atom. The Morgan fingerprint density at radius 2 is 2.22 bits per heavy atom. The van der Waals surface area contributed by atoms with Crippen LogP contribution in [0.2, 0.25) is 0 Å². The summed E-state index contributed by atoms with van der Waals surface area (Å²) in [4.78, 5) is 4.27. The zero-order valence-electron chi connectivity index (χ0n) is 12.9. The van der Waals surface area contributed by atoms with Crippen LogP contribution in [0, 0.1) is 6.92 Å². The van der Waals surface area contributed by atoms with E-state index in [1.165, 1.54) is 18.1 Å². The third-order valence-corrected chi connectivity index (χ3v) is 4.32. The number of aliphatic hydroxyl groups excluding tert-OH is 1. The van der Waals surface area contributed by atoms with Gasteiger partial charge in [0.2, 0.25) is 5.16 Å². The average Bonchev–Trinajstić information content (AvgIpc) is 3.17. The lowest BCUT2D eigenvalue weighted by atomic mass is 10.2. The zero-order valence-corrected chi connectivity index (χ0v) is 13.7. The molecule has 0 aliphatic heterocycles. The standard InChI is InChI=1S/C14H17N7OS/c1-10-4-3-5-12(8-10)21-14(17-18-19-21)23-11(2)13-15-9-16-20(13)6-7-22/h3-5,8-9,11,22H,6-7H2,1-2H3. The molecule has 0 saturated heterocycles. The fraction of sp³-hybridized carbons (Fsp3) is 0.357. The van der Waals surface area contributed by atoms with E-state index in [-0.39, 0.29) is 11.9 Å². The molecule has 3 aromatic rings. The Labute approximate surface area is 137 Å². The topological polar surface area (TPSA) is 94.5 Å². The summed E-state index contributed by atoms with van der Waals surface area (Å²) in [6, 6.07) is 7.99. The maximum absolute atomic E-state index is 9.09. The van der Waals surface area contributed by atoms with Gasteiger partial charge in [0.25, 0.3) is 0 Å². The molecule has 0 fully saturated rings. The van der Waals surface area contributed by atoms with Gasteiger partial charge >= 0.3 is 0 Å². The van der Waals surface area contributed by atoms with Crippen molar-refractivity contribution in [2.45, 2.75) is 30.8 Å². The van der Waals surface area contributed by atoms with Crippen molar-refractivity contribution < 1.29 is 5.11 Å². The Hall–Kier alpha value is -2.26. The summed E-state index contributed by atoms with van der Waals surface area (Å²) >= 11 is 1.50. The van der Waals surface area contributed by atoms with Crippen LogP contribution in [-0.4, -0.2) is 46.7 Å². The lowest BCUT2D eigenvalue weighted by Crippen LogP contribution is -2.10. The van der Waals surface area contributed by atoms with Gasteiger partial charge in [0.1, 0.15) is 12.2 Å². The molecular weight excluding hydrogens is 314 g/mol. The van der Waals surface area contributed by atoms with E-state index in [1.807, 2.05) is 38.1 Å². The van der Waals surface area contributed by atoms with Crippen molar-refractivity contribution in [1.29, 1.82) is 0 Å². The van der Waals surface area contributed by atoms with Crippen molar-refractivity contribution in [1.82, 2.24) is 35.0 Å².